The molecule has 0 unspecified atom stereocenters. The van der Waals surface area contributed by atoms with Gasteiger partial charge < -0.3 is 11.1 Å². The molecule has 1 heterocycles. The molecule has 3 N–H and O–H groups in total. The summed E-state index contributed by atoms with van der Waals surface area (Å²) in [5, 5.41) is 6.85. The van der Waals surface area contributed by atoms with Gasteiger partial charge in [-0.05, 0) is 43.1 Å². The first-order valence-electron chi connectivity index (χ1n) is 6.23. The Bertz CT molecular complexity index is 589. The zero-order valence-corrected chi connectivity index (χ0v) is 11.2. The Morgan fingerprint density at radius 2 is 2.21 bits per heavy atom. The molecule has 0 bridgehead atoms. The fraction of sp³-hybridized carbons (Fsp3) is 0.286. The van der Waals surface area contributed by atoms with Crippen molar-refractivity contribution in [1.82, 2.24) is 15.1 Å². The largest absolute Gasteiger partial charge is 0.354 e. The SMILES string of the molecule is CNC(=O)c1ccn(-c2cc(CCN)ccc2C)n1. The van der Waals surface area contributed by atoms with Crippen LogP contribution in [0, 0.1) is 6.92 Å². The van der Waals surface area contributed by atoms with Crippen LogP contribution in [0.25, 0.3) is 5.69 Å². The molecule has 0 radical (unpaired) electrons. The molecule has 0 atom stereocenters. The normalized spacial score (nSPS) is 10.5. The summed E-state index contributed by atoms with van der Waals surface area (Å²) >= 11 is 0. The van der Waals surface area contributed by atoms with Crippen molar-refractivity contribution >= 4 is 5.91 Å². The van der Waals surface area contributed by atoms with E-state index >= 15 is 0 Å². The summed E-state index contributed by atoms with van der Waals surface area (Å²) in [6.07, 6.45) is 2.62. The first-order valence-corrected chi connectivity index (χ1v) is 6.23. The maximum atomic E-state index is 11.5. The van der Waals surface area contributed by atoms with Crippen LogP contribution in [-0.4, -0.2) is 29.3 Å². The van der Waals surface area contributed by atoms with Crippen molar-refractivity contribution < 1.29 is 4.79 Å². The van der Waals surface area contributed by atoms with Crippen LogP contribution in [0.3, 0.4) is 0 Å². The molecule has 2 aromatic rings. The molecule has 19 heavy (non-hydrogen) atoms. The van der Waals surface area contributed by atoms with E-state index in [1.165, 1.54) is 5.56 Å². The predicted molar refractivity (Wildman–Crippen MR) is 74.4 cm³/mol. The van der Waals surface area contributed by atoms with Gasteiger partial charge in [-0.15, -0.1) is 0 Å². The second-order valence-corrected chi connectivity index (χ2v) is 4.38. The molecular formula is C14H18N4O. The average molecular weight is 258 g/mol. The van der Waals surface area contributed by atoms with Crippen molar-refractivity contribution in [2.24, 2.45) is 5.73 Å². The van der Waals surface area contributed by atoms with Gasteiger partial charge in [0.2, 0.25) is 0 Å². The minimum atomic E-state index is -0.186. The Balaban J connectivity index is 2.37. The number of benzene rings is 1. The molecule has 0 saturated carbocycles. The second kappa shape index (κ2) is 5.67. The lowest BCUT2D eigenvalue weighted by molar-refractivity contribution is 0.0957. The van der Waals surface area contributed by atoms with Crippen molar-refractivity contribution in [3.05, 3.63) is 47.3 Å². The monoisotopic (exact) mass is 258 g/mol. The standard InChI is InChI=1S/C14H18N4O/c1-10-3-4-11(5-7-15)9-13(10)18-8-6-12(17-18)14(19)16-2/h3-4,6,8-9H,5,7,15H2,1-2H3,(H,16,19). The molecule has 1 aromatic carbocycles. The molecule has 1 amide bonds. The molecule has 0 spiro atoms. The van der Waals surface area contributed by atoms with Gasteiger partial charge in [0.15, 0.2) is 5.69 Å². The van der Waals surface area contributed by atoms with Crippen LogP contribution in [0.15, 0.2) is 30.5 Å². The van der Waals surface area contributed by atoms with Gasteiger partial charge in [0.25, 0.3) is 5.91 Å². The fourth-order valence-corrected chi connectivity index (χ4v) is 1.93. The Morgan fingerprint density at radius 1 is 1.42 bits per heavy atom. The Labute approximate surface area is 112 Å². The molecule has 0 saturated heterocycles. The molecule has 0 fully saturated rings. The van der Waals surface area contributed by atoms with Crippen LogP contribution >= 0.6 is 0 Å². The van der Waals surface area contributed by atoms with Crippen molar-refractivity contribution in [3.8, 4) is 5.69 Å². The number of hydrogen-bond donors (Lipinski definition) is 2. The van der Waals surface area contributed by atoms with E-state index in [1.807, 2.05) is 13.0 Å². The van der Waals surface area contributed by atoms with Gasteiger partial charge in [-0.1, -0.05) is 12.1 Å². The summed E-state index contributed by atoms with van der Waals surface area (Å²) in [5.41, 5.74) is 9.23. The van der Waals surface area contributed by atoms with Gasteiger partial charge in [-0.3, -0.25) is 4.79 Å². The van der Waals surface area contributed by atoms with Gasteiger partial charge in [-0.2, -0.15) is 5.10 Å². The average Bonchev–Trinajstić information content (AvgIpc) is 2.90. The van der Waals surface area contributed by atoms with Crippen molar-refractivity contribution in [1.29, 1.82) is 0 Å². The van der Waals surface area contributed by atoms with Gasteiger partial charge >= 0.3 is 0 Å². The number of nitrogens with zero attached hydrogens (tertiary/aromatic N) is 2. The van der Waals surface area contributed by atoms with E-state index in [-0.39, 0.29) is 5.91 Å². The number of aryl methyl sites for hydroxylation is 1. The third kappa shape index (κ3) is 2.82. The van der Waals surface area contributed by atoms with E-state index < -0.39 is 0 Å². The summed E-state index contributed by atoms with van der Waals surface area (Å²) < 4.78 is 1.72. The molecule has 100 valence electrons. The molecule has 2 rings (SSSR count). The molecule has 0 aliphatic heterocycles. The van der Waals surface area contributed by atoms with E-state index in [0.29, 0.717) is 12.2 Å². The molecule has 1 aromatic heterocycles. The zero-order chi connectivity index (χ0) is 13.8. The highest BCUT2D eigenvalue weighted by Gasteiger charge is 2.09. The lowest BCUT2D eigenvalue weighted by atomic mass is 10.1. The first kappa shape index (κ1) is 13.3. The highest BCUT2D eigenvalue weighted by atomic mass is 16.1. The third-order valence-corrected chi connectivity index (χ3v) is 3.00. The fourth-order valence-electron chi connectivity index (χ4n) is 1.93. The molecular weight excluding hydrogens is 240 g/mol. The van der Waals surface area contributed by atoms with Crippen LogP contribution in [-0.2, 0) is 6.42 Å². The summed E-state index contributed by atoms with van der Waals surface area (Å²) in [5.74, 6) is -0.186. The topological polar surface area (TPSA) is 72.9 Å². The maximum absolute atomic E-state index is 11.5. The lowest BCUT2D eigenvalue weighted by Crippen LogP contribution is -2.18. The number of hydrogen-bond acceptors (Lipinski definition) is 3. The summed E-state index contributed by atoms with van der Waals surface area (Å²) in [7, 11) is 1.59. The summed E-state index contributed by atoms with van der Waals surface area (Å²) in [6, 6.07) is 7.87. The highest BCUT2D eigenvalue weighted by Crippen LogP contribution is 2.16. The quantitative estimate of drug-likeness (QED) is 0.860. The van der Waals surface area contributed by atoms with Gasteiger partial charge in [0.1, 0.15) is 0 Å². The molecule has 0 aliphatic carbocycles. The highest BCUT2D eigenvalue weighted by molar-refractivity contribution is 5.91. The number of nitrogens with one attached hydrogen (secondary N) is 1. The van der Waals surface area contributed by atoms with Crippen LogP contribution in [0.4, 0.5) is 0 Å². The predicted octanol–water partition coefficient (Wildman–Crippen LogP) is 1.04. The van der Waals surface area contributed by atoms with Crippen molar-refractivity contribution in [2.75, 3.05) is 13.6 Å². The maximum Gasteiger partial charge on any atom is 0.271 e. The zero-order valence-electron chi connectivity index (χ0n) is 11.2. The first-order chi connectivity index (χ1) is 9.15. The van der Waals surface area contributed by atoms with Gasteiger partial charge in [0, 0.05) is 13.2 Å². The summed E-state index contributed by atoms with van der Waals surface area (Å²) in [6.45, 7) is 2.63. The second-order valence-electron chi connectivity index (χ2n) is 4.38. The Morgan fingerprint density at radius 3 is 2.89 bits per heavy atom. The molecule has 0 aliphatic rings. The minimum absolute atomic E-state index is 0.186. The number of nitrogens with two attached hydrogens (primary N) is 1. The van der Waals surface area contributed by atoms with E-state index in [4.69, 9.17) is 5.73 Å². The Kier molecular flexibility index (Phi) is 3.97. The number of rotatable bonds is 4. The number of amides is 1. The third-order valence-electron chi connectivity index (χ3n) is 3.00. The smallest absolute Gasteiger partial charge is 0.271 e. The van der Waals surface area contributed by atoms with E-state index in [0.717, 1.165) is 17.7 Å². The number of carbonyl (C=O) groups is 1. The van der Waals surface area contributed by atoms with Crippen LogP contribution < -0.4 is 11.1 Å². The van der Waals surface area contributed by atoms with E-state index in [1.54, 1.807) is 24.0 Å². The molecule has 5 heteroatoms. The van der Waals surface area contributed by atoms with Crippen LogP contribution in [0.5, 0.6) is 0 Å². The van der Waals surface area contributed by atoms with Crippen LogP contribution in [0.1, 0.15) is 21.6 Å². The minimum Gasteiger partial charge on any atom is -0.354 e. The van der Waals surface area contributed by atoms with Crippen LogP contribution in [0.2, 0.25) is 0 Å². The van der Waals surface area contributed by atoms with E-state index in [2.05, 4.69) is 22.5 Å². The van der Waals surface area contributed by atoms with Gasteiger partial charge in [0.05, 0.1) is 5.69 Å². The summed E-state index contributed by atoms with van der Waals surface area (Å²) in [4.78, 5) is 11.5. The Hall–Kier alpha value is -2.14. The number of carbonyl (C=O) groups excluding carboxylic acids is 1. The molecule has 5 nitrogen and oxygen atoms in total. The van der Waals surface area contributed by atoms with Crippen molar-refractivity contribution in [3.63, 3.8) is 0 Å². The van der Waals surface area contributed by atoms with Gasteiger partial charge in [-0.25, -0.2) is 4.68 Å². The lowest BCUT2D eigenvalue weighted by Gasteiger charge is -2.08. The van der Waals surface area contributed by atoms with E-state index in [9.17, 15) is 4.79 Å². The van der Waals surface area contributed by atoms with Crippen molar-refractivity contribution in [2.45, 2.75) is 13.3 Å². The number of aromatic nitrogens is 2.